The summed E-state index contributed by atoms with van der Waals surface area (Å²) in [6.45, 7) is 5.09. The van der Waals surface area contributed by atoms with E-state index in [-0.39, 0.29) is 36.6 Å². The molecule has 0 aromatic heterocycles. The monoisotopic (exact) mass is 307 g/mol. The van der Waals surface area contributed by atoms with Crippen LogP contribution in [0.3, 0.4) is 0 Å². The van der Waals surface area contributed by atoms with Crippen molar-refractivity contribution in [2.75, 3.05) is 13.1 Å². The molecule has 120 valence electrons. The van der Waals surface area contributed by atoms with Gasteiger partial charge in [0.25, 0.3) is 0 Å². The molecule has 0 bridgehead atoms. The van der Waals surface area contributed by atoms with E-state index in [1.807, 2.05) is 13.8 Å². The molecule has 22 heavy (non-hydrogen) atoms. The highest BCUT2D eigenvalue weighted by molar-refractivity contribution is 5.89. The van der Waals surface area contributed by atoms with Crippen LogP contribution in [-0.2, 0) is 16.1 Å². The van der Waals surface area contributed by atoms with Gasteiger partial charge in [-0.15, -0.1) is 0 Å². The van der Waals surface area contributed by atoms with Crippen LogP contribution in [0.1, 0.15) is 25.8 Å². The maximum Gasteiger partial charge on any atom is 0.240 e. The lowest BCUT2D eigenvalue weighted by Crippen LogP contribution is -2.56. The number of carbonyl (C=O) groups excluding carboxylic acids is 2. The predicted molar refractivity (Wildman–Crippen MR) is 81.5 cm³/mol. The van der Waals surface area contributed by atoms with E-state index >= 15 is 0 Å². The summed E-state index contributed by atoms with van der Waals surface area (Å²) in [6.07, 6.45) is 0.102. The van der Waals surface area contributed by atoms with Crippen molar-refractivity contribution in [3.05, 3.63) is 35.6 Å². The zero-order chi connectivity index (χ0) is 16.1. The molecule has 1 aromatic carbocycles. The van der Waals surface area contributed by atoms with Crippen LogP contribution in [0.15, 0.2) is 24.3 Å². The first-order valence-electron chi connectivity index (χ1n) is 7.52. The molecule has 1 saturated heterocycles. The van der Waals surface area contributed by atoms with Crippen molar-refractivity contribution in [3.8, 4) is 0 Å². The average molecular weight is 307 g/mol. The summed E-state index contributed by atoms with van der Waals surface area (Å²) < 4.78 is 13.7. The van der Waals surface area contributed by atoms with Gasteiger partial charge in [-0.3, -0.25) is 9.59 Å². The topological polar surface area (TPSA) is 61.4 Å². The normalized spacial score (nSPS) is 18.6. The first-order valence-corrected chi connectivity index (χ1v) is 7.52. The number of nitrogens with one attached hydrogen (secondary N) is 2. The Morgan fingerprint density at radius 3 is 2.86 bits per heavy atom. The number of rotatable bonds is 5. The van der Waals surface area contributed by atoms with Gasteiger partial charge in [0.1, 0.15) is 5.82 Å². The molecule has 1 aliphatic rings. The molecule has 5 nitrogen and oxygen atoms in total. The standard InChI is InChI=1S/C16H22FN3O2/c1-11(2)19-15(21)9-14-16(22)20(8-7-18-14)10-12-5-3-4-6-13(12)17/h3-6,11,14,18H,7-10H2,1-2H3,(H,19,21). The minimum absolute atomic E-state index is 0.0423. The van der Waals surface area contributed by atoms with Crippen LogP contribution in [0.5, 0.6) is 0 Å². The summed E-state index contributed by atoms with van der Waals surface area (Å²) in [5.74, 6) is -0.634. The molecule has 0 saturated carbocycles. The number of carbonyl (C=O) groups is 2. The Kier molecular flexibility index (Phi) is 5.49. The van der Waals surface area contributed by atoms with Crippen LogP contribution >= 0.6 is 0 Å². The van der Waals surface area contributed by atoms with Gasteiger partial charge in [-0.05, 0) is 19.9 Å². The highest BCUT2D eigenvalue weighted by Crippen LogP contribution is 2.13. The van der Waals surface area contributed by atoms with Crippen molar-refractivity contribution in [2.24, 2.45) is 0 Å². The highest BCUT2D eigenvalue weighted by atomic mass is 19.1. The summed E-state index contributed by atoms with van der Waals surface area (Å²) in [5, 5.41) is 5.83. The molecular weight excluding hydrogens is 285 g/mol. The SMILES string of the molecule is CC(C)NC(=O)CC1NCCN(Cc2ccccc2F)C1=O. The molecule has 0 aliphatic carbocycles. The number of hydrogen-bond donors (Lipinski definition) is 2. The Morgan fingerprint density at radius 1 is 1.45 bits per heavy atom. The van der Waals surface area contributed by atoms with E-state index < -0.39 is 6.04 Å². The first kappa shape index (κ1) is 16.4. The Bertz CT molecular complexity index is 548. The number of piperazine rings is 1. The van der Waals surface area contributed by atoms with Crippen LogP contribution in [0.4, 0.5) is 4.39 Å². The van der Waals surface area contributed by atoms with Gasteiger partial charge in [-0.1, -0.05) is 18.2 Å². The first-order chi connectivity index (χ1) is 10.5. The zero-order valence-electron chi connectivity index (χ0n) is 12.9. The maximum absolute atomic E-state index is 13.7. The summed E-state index contributed by atoms with van der Waals surface area (Å²) in [4.78, 5) is 25.8. The lowest BCUT2D eigenvalue weighted by atomic mass is 10.1. The minimum Gasteiger partial charge on any atom is -0.354 e. The summed E-state index contributed by atoms with van der Waals surface area (Å²) in [7, 11) is 0. The van der Waals surface area contributed by atoms with Crippen LogP contribution in [0.25, 0.3) is 0 Å². The molecular formula is C16H22FN3O2. The fourth-order valence-corrected chi connectivity index (χ4v) is 2.51. The van der Waals surface area contributed by atoms with Crippen LogP contribution in [0, 0.1) is 5.82 Å². The number of nitrogens with zero attached hydrogens (tertiary/aromatic N) is 1. The quantitative estimate of drug-likeness (QED) is 0.854. The third-order valence-corrected chi connectivity index (χ3v) is 3.54. The van der Waals surface area contributed by atoms with E-state index in [4.69, 9.17) is 0 Å². The van der Waals surface area contributed by atoms with Crippen LogP contribution in [0.2, 0.25) is 0 Å². The molecule has 0 radical (unpaired) electrons. The second-order valence-electron chi connectivity index (χ2n) is 5.78. The minimum atomic E-state index is -0.542. The number of hydrogen-bond acceptors (Lipinski definition) is 3. The Balaban J connectivity index is 1.98. The van der Waals surface area contributed by atoms with Crippen molar-refractivity contribution in [3.63, 3.8) is 0 Å². The Labute approximate surface area is 129 Å². The molecule has 2 rings (SSSR count). The molecule has 1 fully saturated rings. The summed E-state index contributed by atoms with van der Waals surface area (Å²) >= 11 is 0. The molecule has 1 aromatic rings. The van der Waals surface area contributed by atoms with Gasteiger partial charge < -0.3 is 15.5 Å². The largest absolute Gasteiger partial charge is 0.354 e. The van der Waals surface area contributed by atoms with Gasteiger partial charge in [0, 0.05) is 31.2 Å². The van der Waals surface area contributed by atoms with Gasteiger partial charge in [-0.2, -0.15) is 0 Å². The third kappa shape index (κ3) is 4.27. The van der Waals surface area contributed by atoms with Gasteiger partial charge in [0.05, 0.1) is 12.5 Å². The second-order valence-corrected chi connectivity index (χ2v) is 5.78. The van der Waals surface area contributed by atoms with Crippen molar-refractivity contribution in [2.45, 2.75) is 38.9 Å². The van der Waals surface area contributed by atoms with E-state index in [1.54, 1.807) is 23.1 Å². The van der Waals surface area contributed by atoms with E-state index in [0.717, 1.165) is 0 Å². The van der Waals surface area contributed by atoms with Crippen molar-refractivity contribution >= 4 is 11.8 Å². The molecule has 2 amide bonds. The highest BCUT2D eigenvalue weighted by Gasteiger charge is 2.30. The lowest BCUT2D eigenvalue weighted by molar-refractivity contribution is -0.138. The van der Waals surface area contributed by atoms with Gasteiger partial charge in [0.15, 0.2) is 0 Å². The van der Waals surface area contributed by atoms with E-state index in [1.165, 1.54) is 6.07 Å². The number of amides is 2. The third-order valence-electron chi connectivity index (χ3n) is 3.54. The smallest absolute Gasteiger partial charge is 0.240 e. The van der Waals surface area contributed by atoms with E-state index in [9.17, 15) is 14.0 Å². The average Bonchev–Trinajstić information content (AvgIpc) is 2.44. The fourth-order valence-electron chi connectivity index (χ4n) is 2.51. The molecule has 1 aliphatic heterocycles. The van der Waals surface area contributed by atoms with E-state index in [0.29, 0.717) is 18.7 Å². The summed E-state index contributed by atoms with van der Waals surface area (Å²) in [6, 6.07) is 5.93. The van der Waals surface area contributed by atoms with Crippen LogP contribution < -0.4 is 10.6 Å². The molecule has 2 N–H and O–H groups in total. The van der Waals surface area contributed by atoms with Crippen molar-refractivity contribution in [1.29, 1.82) is 0 Å². The molecule has 0 spiro atoms. The fraction of sp³-hybridized carbons (Fsp3) is 0.500. The van der Waals surface area contributed by atoms with Crippen molar-refractivity contribution in [1.82, 2.24) is 15.5 Å². The van der Waals surface area contributed by atoms with E-state index in [2.05, 4.69) is 10.6 Å². The van der Waals surface area contributed by atoms with Gasteiger partial charge in [0.2, 0.25) is 11.8 Å². The number of benzene rings is 1. The zero-order valence-corrected chi connectivity index (χ0v) is 12.9. The lowest BCUT2D eigenvalue weighted by Gasteiger charge is -2.33. The maximum atomic E-state index is 13.7. The molecule has 1 heterocycles. The molecule has 1 atom stereocenters. The molecule has 6 heteroatoms. The Morgan fingerprint density at radius 2 is 2.18 bits per heavy atom. The van der Waals surface area contributed by atoms with Crippen molar-refractivity contribution < 1.29 is 14.0 Å². The van der Waals surface area contributed by atoms with Crippen LogP contribution in [-0.4, -0.2) is 41.9 Å². The van der Waals surface area contributed by atoms with Gasteiger partial charge >= 0.3 is 0 Å². The number of halogens is 1. The molecule has 1 unspecified atom stereocenters. The second kappa shape index (κ2) is 7.35. The summed E-state index contributed by atoms with van der Waals surface area (Å²) in [5.41, 5.74) is 0.489. The van der Waals surface area contributed by atoms with Gasteiger partial charge in [-0.25, -0.2) is 4.39 Å². The Hall–Kier alpha value is -1.95. The predicted octanol–water partition coefficient (Wildman–Crippen LogP) is 1.04.